The highest BCUT2D eigenvalue weighted by Crippen LogP contribution is 1.93. The summed E-state index contributed by atoms with van der Waals surface area (Å²) in [5.74, 6) is -0.374. The van der Waals surface area contributed by atoms with E-state index in [1.54, 1.807) is 0 Å². The average Bonchev–Trinajstić information content (AvgIpc) is 2.55. The summed E-state index contributed by atoms with van der Waals surface area (Å²) in [7, 11) is 0. The molecule has 0 spiro atoms. The van der Waals surface area contributed by atoms with E-state index in [0.717, 1.165) is 32.7 Å². The lowest BCUT2D eigenvalue weighted by Crippen LogP contribution is -2.46. The highest BCUT2D eigenvalue weighted by atomic mass is 16.5. The number of carbonyl (C=O) groups is 1. The molecule has 1 aliphatic heterocycles. The van der Waals surface area contributed by atoms with Crippen LogP contribution in [0.1, 0.15) is 0 Å². The van der Waals surface area contributed by atoms with E-state index < -0.39 is 0 Å². The summed E-state index contributed by atoms with van der Waals surface area (Å²) in [5, 5.41) is 26.4. The number of nitrogens with zero attached hydrogens (tertiary/aromatic N) is 2. The number of aliphatic hydroxyl groups is 1. The van der Waals surface area contributed by atoms with E-state index in [0.29, 0.717) is 19.7 Å². The van der Waals surface area contributed by atoms with Gasteiger partial charge in [-0.2, -0.15) is 5.26 Å². The minimum Gasteiger partial charge on any atom is -0.394 e. The van der Waals surface area contributed by atoms with Crippen molar-refractivity contribution in [2.75, 3.05) is 65.6 Å². The standard InChI is InChI=1S/C14H25N5O3/c15-11-13(12-17-4-9-22-10-8-20)14(21)18-3-7-19-5-1-16-2-6-19/h12,16-17,20H,1-10H2,(H,18,21)/b13-12-. The summed E-state index contributed by atoms with van der Waals surface area (Å²) in [5.41, 5.74) is 0.0440. The number of carbonyl (C=O) groups excluding carboxylic acids is 1. The van der Waals surface area contributed by atoms with E-state index in [9.17, 15) is 4.79 Å². The molecule has 1 amide bonds. The first kappa shape index (κ1) is 18.4. The molecule has 8 nitrogen and oxygen atoms in total. The van der Waals surface area contributed by atoms with Crippen LogP contribution in [0.4, 0.5) is 0 Å². The fourth-order valence-electron chi connectivity index (χ4n) is 1.98. The summed E-state index contributed by atoms with van der Waals surface area (Å²) < 4.78 is 5.05. The van der Waals surface area contributed by atoms with Gasteiger partial charge in [-0.1, -0.05) is 0 Å². The van der Waals surface area contributed by atoms with Crippen molar-refractivity contribution in [3.63, 3.8) is 0 Å². The largest absolute Gasteiger partial charge is 0.394 e. The van der Waals surface area contributed by atoms with E-state index in [1.807, 2.05) is 6.07 Å². The maximum atomic E-state index is 11.8. The molecule has 8 heteroatoms. The summed E-state index contributed by atoms with van der Waals surface area (Å²) >= 11 is 0. The molecule has 1 rings (SSSR count). The second-order valence-electron chi connectivity index (χ2n) is 4.81. The fourth-order valence-corrected chi connectivity index (χ4v) is 1.98. The van der Waals surface area contributed by atoms with Crippen LogP contribution in [0.25, 0.3) is 0 Å². The molecule has 0 aromatic rings. The number of hydrogen-bond acceptors (Lipinski definition) is 7. The third-order valence-electron chi connectivity index (χ3n) is 3.16. The van der Waals surface area contributed by atoms with Crippen molar-refractivity contribution < 1.29 is 14.6 Å². The highest BCUT2D eigenvalue weighted by Gasteiger charge is 2.11. The van der Waals surface area contributed by atoms with Crippen molar-refractivity contribution >= 4 is 5.91 Å². The number of amides is 1. The molecule has 0 radical (unpaired) electrons. The lowest BCUT2D eigenvalue weighted by atomic mass is 10.3. The van der Waals surface area contributed by atoms with Gasteiger partial charge in [0.1, 0.15) is 11.6 Å². The molecular weight excluding hydrogens is 286 g/mol. The van der Waals surface area contributed by atoms with Gasteiger partial charge in [-0.05, 0) is 0 Å². The van der Waals surface area contributed by atoms with Gasteiger partial charge in [-0.3, -0.25) is 9.69 Å². The minimum atomic E-state index is -0.374. The van der Waals surface area contributed by atoms with Crippen molar-refractivity contribution in [3.8, 4) is 6.07 Å². The Morgan fingerprint density at radius 3 is 2.82 bits per heavy atom. The van der Waals surface area contributed by atoms with Crippen LogP contribution in [-0.2, 0) is 9.53 Å². The first-order valence-electron chi connectivity index (χ1n) is 7.51. The van der Waals surface area contributed by atoms with Gasteiger partial charge in [0.25, 0.3) is 5.91 Å². The Bertz CT molecular complexity index is 388. The molecule has 1 saturated heterocycles. The van der Waals surface area contributed by atoms with E-state index in [2.05, 4.69) is 20.9 Å². The Hall–Kier alpha value is -1.66. The number of nitriles is 1. The number of rotatable bonds is 10. The predicted octanol–water partition coefficient (Wildman–Crippen LogP) is -1.99. The van der Waals surface area contributed by atoms with Crippen LogP contribution in [-0.4, -0.2) is 81.5 Å². The monoisotopic (exact) mass is 311 g/mol. The lowest BCUT2D eigenvalue weighted by molar-refractivity contribution is -0.117. The summed E-state index contributed by atoms with van der Waals surface area (Å²) in [6, 6.07) is 1.87. The molecule has 1 fully saturated rings. The molecule has 0 aromatic heterocycles. The molecule has 0 aliphatic carbocycles. The molecule has 1 heterocycles. The number of nitrogens with one attached hydrogen (secondary N) is 3. The Morgan fingerprint density at radius 2 is 2.14 bits per heavy atom. The minimum absolute atomic E-state index is 0.0191. The topological polar surface area (TPSA) is 110 Å². The predicted molar refractivity (Wildman–Crippen MR) is 81.9 cm³/mol. The van der Waals surface area contributed by atoms with Crippen molar-refractivity contribution in [1.29, 1.82) is 5.26 Å². The second-order valence-corrected chi connectivity index (χ2v) is 4.81. The Kier molecular flexibility index (Phi) is 9.98. The van der Waals surface area contributed by atoms with Crippen LogP contribution in [0.3, 0.4) is 0 Å². The van der Waals surface area contributed by atoms with Gasteiger partial charge in [0.05, 0.1) is 19.8 Å². The molecular formula is C14H25N5O3. The summed E-state index contributed by atoms with van der Waals surface area (Å²) in [6.07, 6.45) is 1.39. The molecule has 0 saturated carbocycles. The smallest absolute Gasteiger partial charge is 0.263 e. The Morgan fingerprint density at radius 1 is 1.36 bits per heavy atom. The molecule has 22 heavy (non-hydrogen) atoms. The van der Waals surface area contributed by atoms with Crippen LogP contribution >= 0.6 is 0 Å². The first-order valence-corrected chi connectivity index (χ1v) is 7.51. The molecule has 0 aromatic carbocycles. The molecule has 0 atom stereocenters. The average molecular weight is 311 g/mol. The Balaban J connectivity index is 2.18. The van der Waals surface area contributed by atoms with Crippen LogP contribution in [0.15, 0.2) is 11.8 Å². The second kappa shape index (κ2) is 11.9. The van der Waals surface area contributed by atoms with Gasteiger partial charge in [0.15, 0.2) is 0 Å². The zero-order valence-corrected chi connectivity index (χ0v) is 12.8. The van der Waals surface area contributed by atoms with Crippen molar-refractivity contribution in [3.05, 3.63) is 11.8 Å². The van der Waals surface area contributed by atoms with Gasteiger partial charge in [0.2, 0.25) is 0 Å². The van der Waals surface area contributed by atoms with E-state index in [4.69, 9.17) is 15.1 Å². The quantitative estimate of drug-likeness (QED) is 0.210. The van der Waals surface area contributed by atoms with Gasteiger partial charge in [0, 0.05) is 52.0 Å². The van der Waals surface area contributed by atoms with Crippen LogP contribution in [0.2, 0.25) is 0 Å². The number of piperazine rings is 1. The number of hydrogen-bond donors (Lipinski definition) is 4. The fraction of sp³-hybridized carbons (Fsp3) is 0.714. The van der Waals surface area contributed by atoms with E-state index in [1.165, 1.54) is 6.20 Å². The Labute approximate surface area is 131 Å². The SMILES string of the molecule is N#C/C(=C/NCCOCCO)C(=O)NCCN1CCNCC1. The first-order chi connectivity index (χ1) is 10.8. The van der Waals surface area contributed by atoms with Crippen molar-refractivity contribution in [2.24, 2.45) is 0 Å². The zero-order valence-electron chi connectivity index (χ0n) is 12.8. The highest BCUT2D eigenvalue weighted by molar-refractivity contribution is 5.97. The van der Waals surface area contributed by atoms with Crippen LogP contribution in [0, 0.1) is 11.3 Å². The molecule has 1 aliphatic rings. The van der Waals surface area contributed by atoms with E-state index >= 15 is 0 Å². The number of aliphatic hydroxyl groups excluding tert-OH is 1. The van der Waals surface area contributed by atoms with Crippen LogP contribution in [0.5, 0.6) is 0 Å². The molecule has 4 N–H and O–H groups in total. The van der Waals surface area contributed by atoms with Gasteiger partial charge >= 0.3 is 0 Å². The normalized spacial score (nSPS) is 16.1. The molecule has 124 valence electrons. The molecule has 0 unspecified atom stereocenters. The summed E-state index contributed by atoms with van der Waals surface area (Å²) in [6.45, 7) is 6.35. The molecule has 0 bridgehead atoms. The summed E-state index contributed by atoms with van der Waals surface area (Å²) in [4.78, 5) is 14.1. The van der Waals surface area contributed by atoms with Gasteiger partial charge in [-0.25, -0.2) is 0 Å². The van der Waals surface area contributed by atoms with E-state index in [-0.39, 0.29) is 24.7 Å². The van der Waals surface area contributed by atoms with Crippen LogP contribution < -0.4 is 16.0 Å². The third kappa shape index (κ3) is 7.95. The third-order valence-corrected chi connectivity index (χ3v) is 3.16. The van der Waals surface area contributed by atoms with Crippen molar-refractivity contribution in [2.45, 2.75) is 0 Å². The van der Waals surface area contributed by atoms with Crippen molar-refractivity contribution in [1.82, 2.24) is 20.9 Å². The maximum Gasteiger partial charge on any atom is 0.263 e. The zero-order chi connectivity index (χ0) is 16.0. The van der Waals surface area contributed by atoms with Gasteiger partial charge in [-0.15, -0.1) is 0 Å². The lowest BCUT2D eigenvalue weighted by Gasteiger charge is -2.27. The number of ether oxygens (including phenoxy) is 1. The maximum absolute atomic E-state index is 11.8. The van der Waals surface area contributed by atoms with Gasteiger partial charge < -0.3 is 25.8 Å².